The number of nitrogens with zero attached hydrogens (tertiary/aromatic N) is 3. The number of hydrogen-bond acceptors (Lipinski definition) is 4. The molecule has 0 saturated carbocycles. The largest absolute Gasteiger partial charge is 0.467 e. The molecular weight excluding hydrogens is 170 g/mol. The van der Waals surface area contributed by atoms with Crippen molar-refractivity contribution in [3.8, 4) is 0 Å². The van der Waals surface area contributed by atoms with Gasteiger partial charge in [0.15, 0.2) is 0 Å². The predicted octanol–water partition coefficient (Wildman–Crippen LogP) is 0.247. The molecule has 13 heavy (non-hydrogen) atoms. The minimum atomic E-state index is -0.213. The Bertz CT molecular complexity index is 345. The number of aromatic nitrogens is 3. The monoisotopic (exact) mass is 181 g/mol. The quantitative estimate of drug-likeness (QED) is 0.582. The van der Waals surface area contributed by atoms with E-state index in [2.05, 4.69) is 10.2 Å². The van der Waals surface area contributed by atoms with Crippen LogP contribution in [-0.4, -0.2) is 27.8 Å². The first kappa shape index (κ1) is 8.22. The smallest absolute Gasteiger partial charge is 0.328 e. The predicted molar refractivity (Wildman–Crippen MR) is 44.1 cm³/mol. The average Bonchev–Trinajstić information content (AvgIpc) is 2.68. The highest BCUT2D eigenvalue weighted by Gasteiger charge is 2.31. The van der Waals surface area contributed by atoms with Gasteiger partial charge in [0.2, 0.25) is 0 Å². The molecule has 0 bridgehead atoms. The van der Waals surface area contributed by atoms with Crippen LogP contribution >= 0.6 is 0 Å². The van der Waals surface area contributed by atoms with Crippen molar-refractivity contribution < 1.29 is 9.53 Å². The summed E-state index contributed by atoms with van der Waals surface area (Å²) < 4.78 is 6.55. The third-order valence-corrected chi connectivity index (χ3v) is 2.36. The Hall–Kier alpha value is -1.39. The van der Waals surface area contributed by atoms with Crippen LogP contribution in [0.25, 0.3) is 0 Å². The first-order chi connectivity index (χ1) is 6.24. The fourth-order valence-electron chi connectivity index (χ4n) is 1.74. The molecule has 2 rings (SSSR count). The Labute approximate surface area is 75.7 Å². The van der Waals surface area contributed by atoms with Crippen molar-refractivity contribution >= 4 is 5.97 Å². The Morgan fingerprint density at radius 1 is 1.62 bits per heavy atom. The molecule has 1 aromatic rings. The molecule has 0 fully saturated rings. The van der Waals surface area contributed by atoms with Crippen molar-refractivity contribution in [2.45, 2.75) is 25.8 Å². The molecule has 1 atom stereocenters. The fourth-order valence-corrected chi connectivity index (χ4v) is 1.74. The van der Waals surface area contributed by atoms with E-state index in [-0.39, 0.29) is 12.0 Å². The molecule has 5 nitrogen and oxygen atoms in total. The maximum absolute atomic E-state index is 11.3. The number of carbonyl (C=O) groups excluding carboxylic acids is 1. The van der Waals surface area contributed by atoms with Crippen molar-refractivity contribution in [1.82, 2.24) is 14.8 Å². The van der Waals surface area contributed by atoms with Gasteiger partial charge in [-0.3, -0.25) is 0 Å². The van der Waals surface area contributed by atoms with Gasteiger partial charge in [-0.1, -0.05) is 0 Å². The minimum absolute atomic E-state index is 0.207. The zero-order chi connectivity index (χ0) is 9.42. The van der Waals surface area contributed by atoms with Gasteiger partial charge in [-0.05, 0) is 13.3 Å². The summed E-state index contributed by atoms with van der Waals surface area (Å²) in [6.45, 7) is 1.84. The van der Waals surface area contributed by atoms with Crippen LogP contribution in [0.4, 0.5) is 0 Å². The van der Waals surface area contributed by atoms with E-state index in [0.29, 0.717) is 0 Å². The summed E-state index contributed by atoms with van der Waals surface area (Å²) in [5.74, 6) is 1.46. The molecule has 0 spiro atoms. The van der Waals surface area contributed by atoms with Gasteiger partial charge < -0.3 is 9.30 Å². The van der Waals surface area contributed by atoms with Crippen LogP contribution < -0.4 is 0 Å². The third kappa shape index (κ3) is 1.11. The molecule has 0 N–H and O–H groups in total. The first-order valence-electron chi connectivity index (χ1n) is 4.22. The lowest BCUT2D eigenvalue weighted by atomic mass is 10.2. The highest BCUT2D eigenvalue weighted by molar-refractivity contribution is 5.74. The van der Waals surface area contributed by atoms with E-state index in [1.165, 1.54) is 7.11 Å². The van der Waals surface area contributed by atoms with E-state index in [1.807, 2.05) is 11.5 Å². The topological polar surface area (TPSA) is 57.0 Å². The maximum atomic E-state index is 11.3. The number of ether oxygens (including phenoxy) is 1. The van der Waals surface area contributed by atoms with Gasteiger partial charge in [0.05, 0.1) is 7.11 Å². The number of methoxy groups -OCH3 is 1. The van der Waals surface area contributed by atoms with Crippen molar-refractivity contribution in [1.29, 1.82) is 0 Å². The molecule has 0 saturated heterocycles. The third-order valence-electron chi connectivity index (χ3n) is 2.36. The highest BCUT2D eigenvalue weighted by Crippen LogP contribution is 2.26. The van der Waals surface area contributed by atoms with Crippen LogP contribution in [0.1, 0.15) is 24.1 Å². The number of carbonyl (C=O) groups is 1. The molecule has 0 aromatic carbocycles. The van der Waals surface area contributed by atoms with Gasteiger partial charge in [-0.2, -0.15) is 0 Å². The zero-order valence-corrected chi connectivity index (χ0v) is 7.65. The van der Waals surface area contributed by atoms with E-state index >= 15 is 0 Å². The first-order valence-corrected chi connectivity index (χ1v) is 4.22. The van der Waals surface area contributed by atoms with Crippen LogP contribution in [0, 0.1) is 6.92 Å². The lowest BCUT2D eigenvalue weighted by molar-refractivity contribution is -0.144. The zero-order valence-electron chi connectivity index (χ0n) is 7.65. The fraction of sp³-hybridized carbons (Fsp3) is 0.625. The van der Waals surface area contributed by atoms with E-state index in [9.17, 15) is 4.79 Å². The van der Waals surface area contributed by atoms with E-state index in [1.54, 1.807) is 0 Å². The van der Waals surface area contributed by atoms with Crippen LogP contribution in [0.15, 0.2) is 0 Å². The van der Waals surface area contributed by atoms with Crippen LogP contribution in [0.2, 0.25) is 0 Å². The second-order valence-electron chi connectivity index (χ2n) is 3.11. The minimum Gasteiger partial charge on any atom is -0.467 e. The summed E-state index contributed by atoms with van der Waals surface area (Å²) in [5.41, 5.74) is 0. The lowest BCUT2D eigenvalue weighted by Gasteiger charge is -2.10. The van der Waals surface area contributed by atoms with E-state index < -0.39 is 0 Å². The van der Waals surface area contributed by atoms with E-state index in [4.69, 9.17) is 4.74 Å². The van der Waals surface area contributed by atoms with Crippen molar-refractivity contribution in [2.75, 3.05) is 7.11 Å². The van der Waals surface area contributed by atoms with Gasteiger partial charge in [0.1, 0.15) is 17.7 Å². The Morgan fingerprint density at radius 3 is 3.08 bits per heavy atom. The van der Waals surface area contributed by atoms with Gasteiger partial charge in [-0.15, -0.1) is 10.2 Å². The molecule has 0 radical (unpaired) electrons. The van der Waals surface area contributed by atoms with Crippen molar-refractivity contribution in [3.63, 3.8) is 0 Å². The molecular formula is C8H11N3O2. The van der Waals surface area contributed by atoms with E-state index in [0.717, 1.165) is 24.5 Å². The van der Waals surface area contributed by atoms with Crippen molar-refractivity contribution in [3.05, 3.63) is 11.6 Å². The molecule has 70 valence electrons. The van der Waals surface area contributed by atoms with Crippen LogP contribution in [0.5, 0.6) is 0 Å². The average molecular weight is 181 g/mol. The van der Waals surface area contributed by atoms with Crippen LogP contribution in [0.3, 0.4) is 0 Å². The summed E-state index contributed by atoms with van der Waals surface area (Å²) in [6, 6.07) is -0.213. The maximum Gasteiger partial charge on any atom is 0.328 e. The summed E-state index contributed by atoms with van der Waals surface area (Å²) in [7, 11) is 1.40. The molecule has 1 aliphatic heterocycles. The SMILES string of the molecule is COC(=O)[C@H]1CCc2nnc(C)n21. The molecule has 0 aliphatic carbocycles. The second-order valence-corrected chi connectivity index (χ2v) is 3.11. The normalized spacial score (nSPS) is 20.0. The number of fused-ring (bicyclic) bond motifs is 1. The Morgan fingerprint density at radius 2 is 2.38 bits per heavy atom. The molecule has 2 heterocycles. The number of aryl methyl sites for hydroxylation is 2. The number of hydrogen-bond donors (Lipinski definition) is 0. The molecule has 1 aromatic heterocycles. The van der Waals surface area contributed by atoms with Crippen LogP contribution in [-0.2, 0) is 16.0 Å². The summed E-state index contributed by atoms with van der Waals surface area (Å²) >= 11 is 0. The summed E-state index contributed by atoms with van der Waals surface area (Å²) in [5, 5.41) is 7.88. The highest BCUT2D eigenvalue weighted by atomic mass is 16.5. The Balaban J connectivity index is 2.36. The molecule has 1 aliphatic rings. The Kier molecular flexibility index (Phi) is 1.79. The number of esters is 1. The van der Waals surface area contributed by atoms with Gasteiger partial charge in [0.25, 0.3) is 0 Å². The molecule has 5 heteroatoms. The van der Waals surface area contributed by atoms with Gasteiger partial charge in [0, 0.05) is 6.42 Å². The van der Waals surface area contributed by atoms with Crippen molar-refractivity contribution in [2.24, 2.45) is 0 Å². The summed E-state index contributed by atoms with van der Waals surface area (Å²) in [6.07, 6.45) is 1.58. The standard InChI is InChI=1S/C8H11N3O2/c1-5-9-10-7-4-3-6(11(5)7)8(12)13-2/h6H,3-4H2,1-2H3/t6-/m1/s1. The van der Waals surface area contributed by atoms with Gasteiger partial charge >= 0.3 is 5.97 Å². The molecule has 0 amide bonds. The number of rotatable bonds is 1. The summed E-state index contributed by atoms with van der Waals surface area (Å²) in [4.78, 5) is 11.3. The van der Waals surface area contributed by atoms with Gasteiger partial charge in [-0.25, -0.2) is 4.79 Å². The lowest BCUT2D eigenvalue weighted by Crippen LogP contribution is -2.18. The molecule has 0 unspecified atom stereocenters. The second kappa shape index (κ2) is 2.83.